The van der Waals surface area contributed by atoms with Crippen LogP contribution in [0, 0.1) is 0 Å². The van der Waals surface area contributed by atoms with Gasteiger partial charge in [-0.2, -0.15) is 0 Å². The molecule has 2 heterocycles. The van der Waals surface area contributed by atoms with Crippen molar-refractivity contribution in [2.75, 3.05) is 19.8 Å². The molecule has 0 aromatic carbocycles. The first-order valence-electron chi connectivity index (χ1n) is 3.77. The van der Waals surface area contributed by atoms with E-state index in [1.54, 1.807) is 6.20 Å². The molecule has 1 aliphatic rings. The lowest BCUT2D eigenvalue weighted by Crippen LogP contribution is -2.35. The third-order valence-electron chi connectivity index (χ3n) is 1.77. The Bertz CT molecular complexity index is 212. The lowest BCUT2D eigenvalue weighted by molar-refractivity contribution is 0.0745. The zero-order chi connectivity index (χ0) is 7.52. The van der Waals surface area contributed by atoms with Crippen molar-refractivity contribution in [2.24, 2.45) is 0 Å². The number of ether oxygens (including phenoxy) is 1. The fourth-order valence-corrected chi connectivity index (χ4v) is 1.21. The summed E-state index contributed by atoms with van der Waals surface area (Å²) in [6.45, 7) is 2.43. The summed E-state index contributed by atoms with van der Waals surface area (Å²) in [7, 11) is 0. The summed E-state index contributed by atoms with van der Waals surface area (Å²) in [5, 5.41) is 3.30. The molecule has 0 aliphatic carbocycles. The van der Waals surface area contributed by atoms with Crippen LogP contribution in [0.2, 0.25) is 0 Å². The molecule has 0 radical (unpaired) electrons. The predicted molar refractivity (Wildman–Crippen MR) is 54.6 cm³/mol. The molecular formula is C7H13Cl2N3O. The third-order valence-corrected chi connectivity index (χ3v) is 1.77. The first kappa shape index (κ1) is 12.7. The summed E-state index contributed by atoms with van der Waals surface area (Å²) in [6.07, 6.45) is 3.58. The fraction of sp³-hybridized carbons (Fsp3) is 0.571. The average Bonchev–Trinajstić information content (AvgIpc) is 2.58. The summed E-state index contributed by atoms with van der Waals surface area (Å²) in [5.41, 5.74) is 0. The normalized spacial score (nSPS) is 21.4. The number of morpholine rings is 1. The van der Waals surface area contributed by atoms with Crippen molar-refractivity contribution in [3.05, 3.63) is 18.2 Å². The Balaban J connectivity index is 0.000000720. The molecule has 1 atom stereocenters. The van der Waals surface area contributed by atoms with Crippen LogP contribution in [0.3, 0.4) is 0 Å². The molecule has 1 fully saturated rings. The molecule has 1 aliphatic heterocycles. The quantitative estimate of drug-likeness (QED) is 0.748. The summed E-state index contributed by atoms with van der Waals surface area (Å²) >= 11 is 0. The summed E-state index contributed by atoms with van der Waals surface area (Å²) in [6, 6.07) is 0.249. The van der Waals surface area contributed by atoms with Crippen molar-refractivity contribution < 1.29 is 4.74 Å². The van der Waals surface area contributed by atoms with Gasteiger partial charge in [0.2, 0.25) is 0 Å². The molecule has 2 N–H and O–H groups in total. The Hall–Kier alpha value is -0.290. The highest BCUT2D eigenvalue weighted by atomic mass is 35.5. The van der Waals surface area contributed by atoms with Crippen molar-refractivity contribution in [3.8, 4) is 0 Å². The fourth-order valence-electron chi connectivity index (χ4n) is 1.21. The summed E-state index contributed by atoms with van der Waals surface area (Å²) < 4.78 is 5.28. The Morgan fingerprint density at radius 1 is 1.46 bits per heavy atom. The van der Waals surface area contributed by atoms with E-state index in [4.69, 9.17) is 4.74 Å². The third kappa shape index (κ3) is 3.15. The zero-order valence-electron chi connectivity index (χ0n) is 7.03. The van der Waals surface area contributed by atoms with Gasteiger partial charge in [0.05, 0.1) is 19.3 Å². The van der Waals surface area contributed by atoms with Crippen LogP contribution in [0.1, 0.15) is 11.9 Å². The molecule has 1 saturated heterocycles. The van der Waals surface area contributed by atoms with Gasteiger partial charge < -0.3 is 15.0 Å². The van der Waals surface area contributed by atoms with Crippen LogP contribution in [-0.2, 0) is 4.74 Å². The van der Waals surface area contributed by atoms with Crippen LogP contribution >= 0.6 is 24.8 Å². The molecule has 1 aromatic heterocycles. The molecule has 1 unspecified atom stereocenters. The van der Waals surface area contributed by atoms with Gasteiger partial charge in [0.15, 0.2) is 0 Å². The van der Waals surface area contributed by atoms with Gasteiger partial charge in [0.25, 0.3) is 0 Å². The first-order chi connectivity index (χ1) is 5.47. The topological polar surface area (TPSA) is 49.9 Å². The second kappa shape index (κ2) is 6.21. The van der Waals surface area contributed by atoms with Crippen molar-refractivity contribution in [1.29, 1.82) is 0 Å². The molecule has 13 heavy (non-hydrogen) atoms. The molecule has 6 heteroatoms. The Kier molecular flexibility index (Phi) is 6.07. The Morgan fingerprint density at radius 2 is 2.31 bits per heavy atom. The molecule has 0 bridgehead atoms. The van der Waals surface area contributed by atoms with E-state index in [0.29, 0.717) is 6.61 Å². The van der Waals surface area contributed by atoms with Gasteiger partial charge in [-0.15, -0.1) is 24.8 Å². The second-order valence-corrected chi connectivity index (χ2v) is 2.56. The SMILES string of the molecule is Cl.Cl.c1c[nH]c(C2COCCN2)n1. The van der Waals surface area contributed by atoms with Crippen molar-refractivity contribution in [3.63, 3.8) is 0 Å². The van der Waals surface area contributed by atoms with Crippen molar-refractivity contribution >= 4 is 24.8 Å². The standard InChI is InChI=1S/C7H11N3O.2ClH/c1-2-10-7(9-1)6-5-11-4-3-8-6;;/h1-2,6,8H,3-5H2,(H,9,10);2*1H. The number of nitrogens with one attached hydrogen (secondary N) is 2. The van der Waals surface area contributed by atoms with E-state index in [1.165, 1.54) is 0 Å². The van der Waals surface area contributed by atoms with E-state index in [1.807, 2.05) is 6.20 Å². The van der Waals surface area contributed by atoms with Gasteiger partial charge >= 0.3 is 0 Å². The average molecular weight is 226 g/mol. The van der Waals surface area contributed by atoms with Crippen molar-refractivity contribution in [1.82, 2.24) is 15.3 Å². The van der Waals surface area contributed by atoms with Gasteiger partial charge in [-0.3, -0.25) is 0 Å². The lowest BCUT2D eigenvalue weighted by atomic mass is 10.3. The van der Waals surface area contributed by atoms with E-state index in [-0.39, 0.29) is 30.9 Å². The maximum absolute atomic E-state index is 5.28. The second-order valence-electron chi connectivity index (χ2n) is 2.56. The first-order valence-corrected chi connectivity index (χ1v) is 3.77. The number of aromatic nitrogens is 2. The monoisotopic (exact) mass is 225 g/mol. The number of halogens is 2. The van der Waals surface area contributed by atoms with Crippen LogP contribution in [-0.4, -0.2) is 29.7 Å². The number of rotatable bonds is 1. The van der Waals surface area contributed by atoms with Gasteiger partial charge in [-0.1, -0.05) is 0 Å². The molecular weight excluding hydrogens is 213 g/mol. The molecule has 76 valence electrons. The van der Waals surface area contributed by atoms with E-state index in [9.17, 15) is 0 Å². The molecule has 0 amide bonds. The lowest BCUT2D eigenvalue weighted by Gasteiger charge is -2.21. The number of nitrogens with zero attached hydrogens (tertiary/aromatic N) is 1. The number of imidazole rings is 1. The maximum atomic E-state index is 5.28. The molecule has 4 nitrogen and oxygen atoms in total. The highest BCUT2D eigenvalue weighted by Gasteiger charge is 2.16. The predicted octanol–water partition coefficient (Wildman–Crippen LogP) is 0.914. The van der Waals surface area contributed by atoms with Gasteiger partial charge in [0.1, 0.15) is 5.82 Å². The minimum absolute atomic E-state index is 0. The van der Waals surface area contributed by atoms with Crippen LogP contribution in [0.25, 0.3) is 0 Å². The van der Waals surface area contributed by atoms with Gasteiger partial charge in [-0.25, -0.2) is 4.98 Å². The van der Waals surface area contributed by atoms with Gasteiger partial charge in [0, 0.05) is 18.9 Å². The number of hydrogen-bond donors (Lipinski definition) is 2. The zero-order valence-corrected chi connectivity index (χ0v) is 8.66. The van der Waals surface area contributed by atoms with Crippen LogP contribution < -0.4 is 5.32 Å². The van der Waals surface area contributed by atoms with E-state index < -0.39 is 0 Å². The maximum Gasteiger partial charge on any atom is 0.125 e. The van der Waals surface area contributed by atoms with Crippen LogP contribution in [0.15, 0.2) is 12.4 Å². The number of aromatic amines is 1. The number of H-pyrrole nitrogens is 1. The summed E-state index contributed by atoms with van der Waals surface area (Å²) in [5.74, 6) is 0.963. The van der Waals surface area contributed by atoms with E-state index in [0.717, 1.165) is 19.0 Å². The van der Waals surface area contributed by atoms with E-state index in [2.05, 4.69) is 15.3 Å². The highest BCUT2D eigenvalue weighted by Crippen LogP contribution is 2.09. The minimum atomic E-state index is 0. The van der Waals surface area contributed by atoms with Crippen molar-refractivity contribution in [2.45, 2.75) is 6.04 Å². The Morgan fingerprint density at radius 3 is 2.85 bits per heavy atom. The van der Waals surface area contributed by atoms with Crippen LogP contribution in [0.5, 0.6) is 0 Å². The summed E-state index contributed by atoms with van der Waals surface area (Å²) in [4.78, 5) is 7.20. The molecule has 1 aromatic rings. The highest BCUT2D eigenvalue weighted by molar-refractivity contribution is 5.85. The van der Waals surface area contributed by atoms with Gasteiger partial charge in [-0.05, 0) is 0 Å². The smallest absolute Gasteiger partial charge is 0.125 e. The van der Waals surface area contributed by atoms with E-state index >= 15 is 0 Å². The molecule has 0 spiro atoms. The number of hydrogen-bond acceptors (Lipinski definition) is 3. The van der Waals surface area contributed by atoms with Crippen LogP contribution in [0.4, 0.5) is 0 Å². The molecule has 0 saturated carbocycles. The molecule has 2 rings (SSSR count). The largest absolute Gasteiger partial charge is 0.378 e. The Labute approximate surface area is 89.3 Å². The minimum Gasteiger partial charge on any atom is -0.378 e.